The number of pyridine rings is 1. The van der Waals surface area contributed by atoms with E-state index in [2.05, 4.69) is 41.3 Å². The summed E-state index contributed by atoms with van der Waals surface area (Å²) < 4.78 is 0. The predicted molar refractivity (Wildman–Crippen MR) is 61.5 cm³/mol. The highest BCUT2D eigenvalue weighted by molar-refractivity contribution is 5.10. The molecule has 1 aromatic heterocycles. The van der Waals surface area contributed by atoms with Crippen LogP contribution in [-0.4, -0.2) is 36.1 Å². The zero-order chi connectivity index (χ0) is 10.7. The van der Waals surface area contributed by atoms with Gasteiger partial charge < -0.3 is 5.32 Å². The van der Waals surface area contributed by atoms with Gasteiger partial charge in [-0.1, -0.05) is 6.92 Å². The molecule has 3 nitrogen and oxygen atoms in total. The quantitative estimate of drug-likeness (QED) is 0.801. The molecule has 0 spiro atoms. The zero-order valence-electron chi connectivity index (χ0n) is 9.48. The van der Waals surface area contributed by atoms with Crippen molar-refractivity contribution in [2.45, 2.75) is 19.5 Å². The van der Waals surface area contributed by atoms with Crippen molar-refractivity contribution in [3.63, 3.8) is 0 Å². The summed E-state index contributed by atoms with van der Waals surface area (Å²) in [6, 6.07) is 4.83. The third-order valence-electron chi connectivity index (χ3n) is 3.21. The summed E-state index contributed by atoms with van der Waals surface area (Å²) in [6.45, 7) is 5.70. The van der Waals surface area contributed by atoms with E-state index in [4.69, 9.17) is 0 Å². The van der Waals surface area contributed by atoms with E-state index in [0.29, 0.717) is 6.04 Å². The standard InChI is InChI=1S/C12H19N3/c1-10-7-15(9-12(10)13-2)8-11-3-5-14-6-4-11/h3-6,10,12-13H,7-9H2,1-2H3. The summed E-state index contributed by atoms with van der Waals surface area (Å²) in [6.07, 6.45) is 3.73. The fraction of sp³-hybridized carbons (Fsp3) is 0.583. The second-order valence-electron chi connectivity index (χ2n) is 4.42. The smallest absolute Gasteiger partial charge is 0.0271 e. The van der Waals surface area contributed by atoms with Crippen molar-refractivity contribution < 1.29 is 0 Å². The number of rotatable bonds is 3. The lowest BCUT2D eigenvalue weighted by Crippen LogP contribution is -2.32. The number of hydrogen-bond acceptors (Lipinski definition) is 3. The van der Waals surface area contributed by atoms with Crippen molar-refractivity contribution >= 4 is 0 Å². The first kappa shape index (κ1) is 10.6. The van der Waals surface area contributed by atoms with Crippen molar-refractivity contribution in [3.05, 3.63) is 30.1 Å². The van der Waals surface area contributed by atoms with Gasteiger partial charge in [-0.15, -0.1) is 0 Å². The Morgan fingerprint density at radius 2 is 2.13 bits per heavy atom. The molecule has 0 radical (unpaired) electrons. The number of hydrogen-bond donors (Lipinski definition) is 1. The summed E-state index contributed by atoms with van der Waals surface area (Å²) in [7, 11) is 2.05. The van der Waals surface area contributed by atoms with Gasteiger partial charge in [0.15, 0.2) is 0 Å². The minimum absolute atomic E-state index is 0.645. The molecule has 2 rings (SSSR count). The molecule has 3 heteroatoms. The Morgan fingerprint density at radius 3 is 2.73 bits per heavy atom. The highest BCUT2D eigenvalue weighted by Crippen LogP contribution is 2.18. The number of likely N-dealkylation sites (N-methyl/N-ethyl adjacent to an activating group) is 1. The van der Waals surface area contributed by atoms with Crippen LogP contribution in [0.2, 0.25) is 0 Å². The molecule has 0 aromatic carbocycles. The molecule has 0 saturated carbocycles. The Kier molecular flexibility index (Phi) is 3.34. The van der Waals surface area contributed by atoms with E-state index in [-0.39, 0.29) is 0 Å². The van der Waals surface area contributed by atoms with Gasteiger partial charge >= 0.3 is 0 Å². The largest absolute Gasteiger partial charge is 0.315 e. The minimum Gasteiger partial charge on any atom is -0.315 e. The van der Waals surface area contributed by atoms with Crippen LogP contribution in [0.5, 0.6) is 0 Å². The Morgan fingerprint density at radius 1 is 1.40 bits per heavy atom. The van der Waals surface area contributed by atoms with Crippen molar-refractivity contribution in [2.24, 2.45) is 5.92 Å². The van der Waals surface area contributed by atoms with Gasteiger partial charge in [0.1, 0.15) is 0 Å². The summed E-state index contributed by atoms with van der Waals surface area (Å²) in [5.74, 6) is 0.747. The van der Waals surface area contributed by atoms with Crippen molar-refractivity contribution in [3.8, 4) is 0 Å². The molecule has 0 bridgehead atoms. The van der Waals surface area contributed by atoms with Gasteiger partial charge in [-0.25, -0.2) is 0 Å². The van der Waals surface area contributed by atoms with Crippen LogP contribution in [-0.2, 0) is 6.54 Å². The first-order valence-electron chi connectivity index (χ1n) is 5.58. The lowest BCUT2D eigenvalue weighted by molar-refractivity contribution is 0.317. The molecule has 1 fully saturated rings. The molecule has 82 valence electrons. The maximum absolute atomic E-state index is 4.04. The van der Waals surface area contributed by atoms with Gasteiger partial charge in [0.2, 0.25) is 0 Å². The second-order valence-corrected chi connectivity index (χ2v) is 4.42. The highest BCUT2D eigenvalue weighted by Gasteiger charge is 2.27. The predicted octanol–water partition coefficient (Wildman–Crippen LogP) is 1.12. The van der Waals surface area contributed by atoms with Crippen LogP contribution < -0.4 is 5.32 Å². The van der Waals surface area contributed by atoms with E-state index >= 15 is 0 Å². The number of nitrogens with zero attached hydrogens (tertiary/aromatic N) is 2. The summed E-state index contributed by atoms with van der Waals surface area (Å²) in [5.41, 5.74) is 1.36. The van der Waals surface area contributed by atoms with Crippen LogP contribution in [0.3, 0.4) is 0 Å². The summed E-state index contributed by atoms with van der Waals surface area (Å²) in [4.78, 5) is 6.54. The highest BCUT2D eigenvalue weighted by atomic mass is 15.2. The van der Waals surface area contributed by atoms with E-state index in [1.165, 1.54) is 12.1 Å². The number of likely N-dealkylation sites (tertiary alicyclic amines) is 1. The van der Waals surface area contributed by atoms with E-state index in [1.54, 1.807) is 0 Å². The van der Waals surface area contributed by atoms with E-state index in [0.717, 1.165) is 19.0 Å². The second kappa shape index (κ2) is 4.73. The van der Waals surface area contributed by atoms with Gasteiger partial charge in [0.25, 0.3) is 0 Å². The number of aromatic nitrogens is 1. The molecule has 1 N–H and O–H groups in total. The molecule has 0 amide bonds. The molecule has 0 aliphatic carbocycles. The average molecular weight is 205 g/mol. The van der Waals surface area contributed by atoms with Crippen molar-refractivity contribution in [1.82, 2.24) is 15.2 Å². The topological polar surface area (TPSA) is 28.2 Å². The van der Waals surface area contributed by atoms with E-state index in [9.17, 15) is 0 Å². The molecule has 1 aliphatic rings. The van der Waals surface area contributed by atoms with Gasteiger partial charge in [-0.3, -0.25) is 9.88 Å². The molecule has 2 atom stereocenters. The third-order valence-corrected chi connectivity index (χ3v) is 3.21. The van der Waals surface area contributed by atoms with Crippen LogP contribution in [0, 0.1) is 5.92 Å². The zero-order valence-corrected chi connectivity index (χ0v) is 9.48. The molecule has 1 saturated heterocycles. The molecular formula is C12H19N3. The molecule has 15 heavy (non-hydrogen) atoms. The Balaban J connectivity index is 1.92. The van der Waals surface area contributed by atoms with Crippen LogP contribution in [0.4, 0.5) is 0 Å². The first-order valence-corrected chi connectivity index (χ1v) is 5.58. The van der Waals surface area contributed by atoms with Crippen LogP contribution >= 0.6 is 0 Å². The lowest BCUT2D eigenvalue weighted by atomic mass is 10.1. The van der Waals surface area contributed by atoms with Gasteiger partial charge in [-0.05, 0) is 30.7 Å². The molecule has 1 aromatic rings. The maximum Gasteiger partial charge on any atom is 0.0271 e. The Labute approximate surface area is 91.5 Å². The number of nitrogens with one attached hydrogen (secondary N) is 1. The molecule has 1 aliphatic heterocycles. The normalized spacial score (nSPS) is 27.1. The average Bonchev–Trinajstić information content (AvgIpc) is 2.60. The SMILES string of the molecule is CNC1CN(Cc2ccncc2)CC1C. The molecule has 2 unspecified atom stereocenters. The molecular weight excluding hydrogens is 186 g/mol. The molecule has 2 heterocycles. The van der Waals surface area contributed by atoms with Gasteiger partial charge in [0.05, 0.1) is 0 Å². The van der Waals surface area contributed by atoms with E-state index in [1.807, 2.05) is 12.4 Å². The van der Waals surface area contributed by atoms with Crippen molar-refractivity contribution in [2.75, 3.05) is 20.1 Å². The third kappa shape index (κ3) is 2.55. The summed E-state index contributed by atoms with van der Waals surface area (Å²) >= 11 is 0. The van der Waals surface area contributed by atoms with Crippen LogP contribution in [0.25, 0.3) is 0 Å². The fourth-order valence-electron chi connectivity index (χ4n) is 2.32. The maximum atomic E-state index is 4.04. The van der Waals surface area contributed by atoms with E-state index < -0.39 is 0 Å². The first-order chi connectivity index (χ1) is 7.29. The summed E-state index contributed by atoms with van der Waals surface area (Å²) in [5, 5.41) is 3.38. The minimum atomic E-state index is 0.645. The fourth-order valence-corrected chi connectivity index (χ4v) is 2.32. The Bertz CT molecular complexity index is 299. The van der Waals surface area contributed by atoms with Gasteiger partial charge in [-0.2, -0.15) is 0 Å². The van der Waals surface area contributed by atoms with Crippen molar-refractivity contribution in [1.29, 1.82) is 0 Å². The lowest BCUT2D eigenvalue weighted by Gasteiger charge is -2.15. The van der Waals surface area contributed by atoms with Crippen LogP contribution in [0.15, 0.2) is 24.5 Å². The monoisotopic (exact) mass is 205 g/mol. The van der Waals surface area contributed by atoms with Gasteiger partial charge in [0, 0.05) is 38.1 Å². The Hall–Kier alpha value is -0.930. The van der Waals surface area contributed by atoms with Crippen LogP contribution in [0.1, 0.15) is 12.5 Å².